The number of ketones is 1. The van der Waals surface area contributed by atoms with Gasteiger partial charge < -0.3 is 9.47 Å². The molecule has 6 nitrogen and oxygen atoms in total. The first-order valence-corrected chi connectivity index (χ1v) is 10.2. The molecule has 0 aromatic heterocycles. The molecule has 1 aliphatic heterocycles. The zero-order valence-electron chi connectivity index (χ0n) is 15.4. The molecule has 0 bridgehead atoms. The van der Waals surface area contributed by atoms with Crippen LogP contribution in [-0.4, -0.2) is 45.8 Å². The standard InChI is InChI=1S/C20H23NO5S/c1-25-17-8-9-19(18(14-17)26-2)27(23,24)21-12-10-16(11-13-21)20(22)15-6-4-3-5-7-15/h3-9,14,16H,10-13H2,1-2H3. The molecule has 0 N–H and O–H groups in total. The summed E-state index contributed by atoms with van der Waals surface area (Å²) in [5.41, 5.74) is 0.677. The topological polar surface area (TPSA) is 72.9 Å². The summed E-state index contributed by atoms with van der Waals surface area (Å²) in [6.45, 7) is 0.613. The third kappa shape index (κ3) is 3.99. The molecule has 2 aromatic carbocycles. The maximum atomic E-state index is 13.0. The van der Waals surface area contributed by atoms with Crippen molar-refractivity contribution in [2.24, 2.45) is 5.92 Å². The summed E-state index contributed by atoms with van der Waals surface area (Å²) in [4.78, 5) is 12.7. The van der Waals surface area contributed by atoms with Crippen molar-refractivity contribution in [3.63, 3.8) is 0 Å². The minimum Gasteiger partial charge on any atom is -0.497 e. The number of rotatable bonds is 6. The number of methoxy groups -OCH3 is 2. The van der Waals surface area contributed by atoms with Crippen LogP contribution >= 0.6 is 0 Å². The number of hydrogen-bond donors (Lipinski definition) is 0. The lowest BCUT2D eigenvalue weighted by molar-refractivity contribution is 0.0875. The Morgan fingerprint density at radius 1 is 1.00 bits per heavy atom. The third-order valence-electron chi connectivity index (χ3n) is 4.87. The van der Waals surface area contributed by atoms with Crippen molar-refractivity contribution < 1.29 is 22.7 Å². The van der Waals surface area contributed by atoms with Crippen LogP contribution in [0.25, 0.3) is 0 Å². The molecule has 0 aliphatic carbocycles. The molecular weight excluding hydrogens is 366 g/mol. The van der Waals surface area contributed by atoms with E-state index in [-0.39, 0.29) is 22.3 Å². The summed E-state index contributed by atoms with van der Waals surface area (Å²) in [6, 6.07) is 13.8. The van der Waals surface area contributed by atoms with Gasteiger partial charge in [0.15, 0.2) is 5.78 Å². The lowest BCUT2D eigenvalue weighted by Gasteiger charge is -2.31. The molecule has 144 valence electrons. The minimum absolute atomic E-state index is 0.0784. The first kappa shape index (κ1) is 19.4. The molecule has 0 radical (unpaired) electrons. The van der Waals surface area contributed by atoms with Gasteiger partial charge in [0.05, 0.1) is 14.2 Å². The molecule has 1 saturated heterocycles. The molecule has 27 heavy (non-hydrogen) atoms. The molecule has 0 unspecified atom stereocenters. The van der Waals surface area contributed by atoms with Crippen LogP contribution in [0.4, 0.5) is 0 Å². The zero-order valence-corrected chi connectivity index (χ0v) is 16.2. The summed E-state index contributed by atoms with van der Waals surface area (Å²) in [5.74, 6) is 0.695. The van der Waals surface area contributed by atoms with Crippen LogP contribution in [0.2, 0.25) is 0 Å². The molecule has 1 fully saturated rings. The average Bonchev–Trinajstić information content (AvgIpc) is 2.73. The van der Waals surface area contributed by atoms with Crippen LogP contribution in [-0.2, 0) is 10.0 Å². The number of hydrogen-bond acceptors (Lipinski definition) is 5. The number of ether oxygens (including phenoxy) is 2. The Bertz CT molecular complexity index is 903. The molecule has 0 saturated carbocycles. The van der Waals surface area contributed by atoms with Gasteiger partial charge in [0.2, 0.25) is 10.0 Å². The molecule has 3 rings (SSSR count). The highest BCUT2D eigenvalue weighted by atomic mass is 32.2. The predicted molar refractivity (Wildman–Crippen MR) is 102 cm³/mol. The van der Waals surface area contributed by atoms with E-state index in [1.807, 2.05) is 18.2 Å². The van der Waals surface area contributed by atoms with Gasteiger partial charge >= 0.3 is 0 Å². The number of benzene rings is 2. The van der Waals surface area contributed by atoms with Gasteiger partial charge in [-0.05, 0) is 25.0 Å². The minimum atomic E-state index is -3.70. The number of sulfonamides is 1. The van der Waals surface area contributed by atoms with Crippen molar-refractivity contribution in [3.8, 4) is 11.5 Å². The molecule has 1 heterocycles. The summed E-state index contributed by atoms with van der Waals surface area (Å²) in [6.07, 6.45) is 1.01. The van der Waals surface area contributed by atoms with Gasteiger partial charge in [0.1, 0.15) is 16.4 Å². The van der Waals surface area contributed by atoms with E-state index >= 15 is 0 Å². The fourth-order valence-electron chi connectivity index (χ4n) is 3.32. The normalized spacial score (nSPS) is 16.1. The van der Waals surface area contributed by atoms with Crippen LogP contribution in [0, 0.1) is 5.92 Å². The van der Waals surface area contributed by atoms with E-state index < -0.39 is 10.0 Å². The van der Waals surface area contributed by atoms with Gasteiger partial charge in [-0.1, -0.05) is 30.3 Å². The molecule has 0 atom stereocenters. The van der Waals surface area contributed by atoms with E-state index in [1.54, 1.807) is 24.3 Å². The maximum Gasteiger partial charge on any atom is 0.246 e. The quantitative estimate of drug-likeness (QED) is 0.710. The van der Waals surface area contributed by atoms with Gasteiger partial charge in [-0.15, -0.1) is 0 Å². The summed E-state index contributed by atoms with van der Waals surface area (Å²) < 4.78 is 37.9. The van der Waals surface area contributed by atoms with Gasteiger partial charge in [-0.25, -0.2) is 8.42 Å². The summed E-state index contributed by atoms with van der Waals surface area (Å²) in [7, 11) is -0.762. The van der Waals surface area contributed by atoms with Gasteiger partial charge in [-0.2, -0.15) is 4.31 Å². The largest absolute Gasteiger partial charge is 0.497 e. The Morgan fingerprint density at radius 2 is 1.67 bits per heavy atom. The second-order valence-electron chi connectivity index (χ2n) is 6.43. The predicted octanol–water partition coefficient (Wildman–Crippen LogP) is 2.99. The number of carbonyl (C=O) groups excluding carboxylic acids is 1. The van der Waals surface area contributed by atoms with Crippen LogP contribution in [0.5, 0.6) is 11.5 Å². The van der Waals surface area contributed by atoms with Crippen molar-refractivity contribution in [1.82, 2.24) is 4.31 Å². The van der Waals surface area contributed by atoms with E-state index in [2.05, 4.69) is 0 Å². The van der Waals surface area contributed by atoms with Crippen molar-refractivity contribution >= 4 is 15.8 Å². The monoisotopic (exact) mass is 389 g/mol. The van der Waals surface area contributed by atoms with E-state index in [0.29, 0.717) is 37.2 Å². The van der Waals surface area contributed by atoms with E-state index in [4.69, 9.17) is 9.47 Å². The van der Waals surface area contributed by atoms with Crippen molar-refractivity contribution in [2.45, 2.75) is 17.7 Å². The number of nitrogens with zero attached hydrogens (tertiary/aromatic N) is 1. The van der Waals surface area contributed by atoms with Gasteiger partial charge in [0.25, 0.3) is 0 Å². The molecule has 7 heteroatoms. The molecular formula is C20H23NO5S. The fourth-order valence-corrected chi connectivity index (χ4v) is 4.93. The van der Waals surface area contributed by atoms with E-state index in [9.17, 15) is 13.2 Å². The van der Waals surface area contributed by atoms with Gasteiger partial charge in [-0.3, -0.25) is 4.79 Å². The SMILES string of the molecule is COc1ccc(S(=O)(=O)N2CCC(C(=O)c3ccccc3)CC2)c(OC)c1. The number of piperidine rings is 1. The Labute approximate surface area is 159 Å². The maximum absolute atomic E-state index is 13.0. The Hall–Kier alpha value is -2.38. The Balaban J connectivity index is 1.74. The van der Waals surface area contributed by atoms with E-state index in [1.165, 1.54) is 24.6 Å². The molecule has 2 aromatic rings. The third-order valence-corrected chi connectivity index (χ3v) is 6.81. The lowest BCUT2D eigenvalue weighted by Crippen LogP contribution is -2.40. The smallest absolute Gasteiger partial charge is 0.246 e. The van der Waals surface area contributed by atoms with Crippen molar-refractivity contribution in [1.29, 1.82) is 0 Å². The second-order valence-corrected chi connectivity index (χ2v) is 8.33. The first-order chi connectivity index (χ1) is 13.0. The molecule has 1 aliphatic rings. The Morgan fingerprint density at radius 3 is 2.26 bits per heavy atom. The van der Waals surface area contributed by atoms with E-state index in [0.717, 1.165) is 0 Å². The van der Waals surface area contributed by atoms with Crippen LogP contribution in [0.1, 0.15) is 23.2 Å². The fraction of sp³-hybridized carbons (Fsp3) is 0.350. The molecule has 0 amide bonds. The van der Waals surface area contributed by atoms with Crippen LogP contribution in [0.3, 0.4) is 0 Å². The Kier molecular flexibility index (Phi) is 5.82. The number of Topliss-reactive ketones (excluding diaryl/α,β-unsaturated/α-hetero) is 1. The summed E-state index contributed by atoms with van der Waals surface area (Å²) in [5, 5.41) is 0. The van der Waals surface area contributed by atoms with Gasteiger partial charge in [0, 0.05) is 30.6 Å². The number of carbonyl (C=O) groups is 1. The lowest BCUT2D eigenvalue weighted by atomic mass is 9.90. The highest BCUT2D eigenvalue weighted by Crippen LogP contribution is 2.33. The van der Waals surface area contributed by atoms with Crippen molar-refractivity contribution in [3.05, 3.63) is 54.1 Å². The zero-order chi connectivity index (χ0) is 19.4. The average molecular weight is 389 g/mol. The highest BCUT2D eigenvalue weighted by Gasteiger charge is 2.34. The summed E-state index contributed by atoms with van der Waals surface area (Å²) >= 11 is 0. The van der Waals surface area contributed by atoms with Crippen molar-refractivity contribution in [2.75, 3.05) is 27.3 Å². The second kappa shape index (κ2) is 8.10. The first-order valence-electron chi connectivity index (χ1n) is 8.79. The highest BCUT2D eigenvalue weighted by molar-refractivity contribution is 7.89. The van der Waals surface area contributed by atoms with Crippen LogP contribution < -0.4 is 9.47 Å². The van der Waals surface area contributed by atoms with Crippen LogP contribution in [0.15, 0.2) is 53.4 Å². The molecule has 0 spiro atoms.